The molecule has 0 spiro atoms. The molecule has 1 rings (SSSR count). The van der Waals surface area contributed by atoms with Crippen LogP contribution in [0.1, 0.15) is 12.8 Å². The van der Waals surface area contributed by atoms with E-state index in [0.29, 0.717) is 0 Å². The second-order valence-electron chi connectivity index (χ2n) is 5.04. The molecule has 1 saturated heterocycles. The molecule has 14 heavy (non-hydrogen) atoms. The quantitative estimate of drug-likeness (QED) is 0.670. The normalized spacial score (nSPS) is 28.2. The Balaban J connectivity index is 3.22. The van der Waals surface area contributed by atoms with Gasteiger partial charge in [0.25, 0.3) is 0 Å². The number of nitrogens with zero attached hydrogens (tertiary/aromatic N) is 3. The first-order valence-corrected chi connectivity index (χ1v) is 7.88. The summed E-state index contributed by atoms with van der Waals surface area (Å²) < 4.78 is 7.54. The Labute approximate surface area is 89.1 Å². The van der Waals surface area contributed by atoms with Crippen LogP contribution in [0.15, 0.2) is 0 Å². The molecular formula is C10H26N3P. The molecule has 1 aliphatic heterocycles. The predicted molar refractivity (Wildman–Crippen MR) is 66.9 cm³/mol. The molecule has 0 N–H and O–H groups in total. The van der Waals surface area contributed by atoms with E-state index in [2.05, 4.69) is 56.3 Å². The van der Waals surface area contributed by atoms with Gasteiger partial charge in [-0.05, 0) is 0 Å². The van der Waals surface area contributed by atoms with Gasteiger partial charge in [-0.1, -0.05) is 0 Å². The Kier molecular flexibility index (Phi) is 3.28. The van der Waals surface area contributed by atoms with Crippen molar-refractivity contribution in [3.05, 3.63) is 0 Å². The van der Waals surface area contributed by atoms with Gasteiger partial charge in [-0.3, -0.25) is 0 Å². The molecule has 86 valence electrons. The van der Waals surface area contributed by atoms with E-state index >= 15 is 0 Å². The van der Waals surface area contributed by atoms with Crippen LogP contribution in [-0.2, 0) is 0 Å². The van der Waals surface area contributed by atoms with Gasteiger partial charge in [0.2, 0.25) is 0 Å². The van der Waals surface area contributed by atoms with Gasteiger partial charge in [-0.15, -0.1) is 0 Å². The van der Waals surface area contributed by atoms with Crippen LogP contribution in [0, 0.1) is 0 Å². The van der Waals surface area contributed by atoms with Gasteiger partial charge in [0.15, 0.2) is 0 Å². The van der Waals surface area contributed by atoms with Crippen LogP contribution in [0.2, 0.25) is 0 Å². The molecule has 0 aromatic carbocycles. The fraction of sp³-hybridized carbons (Fsp3) is 1.00. The second-order valence-corrected chi connectivity index (χ2v) is 11.0. The fourth-order valence-electron chi connectivity index (χ4n) is 3.26. The summed E-state index contributed by atoms with van der Waals surface area (Å²) in [6.45, 7) is 0. The molecule has 0 atom stereocenters. The molecule has 1 fully saturated rings. The van der Waals surface area contributed by atoms with Crippen LogP contribution < -0.4 is 0 Å². The molecule has 0 unspecified atom stereocenters. The maximum absolute atomic E-state index is 2.51. The Bertz CT molecular complexity index is 179. The van der Waals surface area contributed by atoms with E-state index in [1.54, 1.807) is 0 Å². The van der Waals surface area contributed by atoms with Gasteiger partial charge in [-0.2, -0.15) is 0 Å². The summed E-state index contributed by atoms with van der Waals surface area (Å²) in [4.78, 5) is 0. The molecule has 1 aliphatic rings. The van der Waals surface area contributed by atoms with Crippen molar-refractivity contribution < 1.29 is 0 Å². The first-order chi connectivity index (χ1) is 6.37. The van der Waals surface area contributed by atoms with Gasteiger partial charge in [0.05, 0.1) is 0 Å². The topological polar surface area (TPSA) is 9.72 Å². The van der Waals surface area contributed by atoms with Gasteiger partial charge in [-0.25, -0.2) is 0 Å². The Hall–Kier alpha value is 0.310. The monoisotopic (exact) mass is 219 g/mol. The number of hydrogen-bond donors (Lipinski definition) is 0. The van der Waals surface area contributed by atoms with Crippen LogP contribution in [0.5, 0.6) is 0 Å². The SMILES string of the molecule is CN(C)P1(N(C)C)(N(C)C)CCCC1. The summed E-state index contributed by atoms with van der Waals surface area (Å²) in [5.41, 5.74) is 0. The second kappa shape index (κ2) is 3.71. The van der Waals surface area contributed by atoms with Crippen molar-refractivity contribution in [3.63, 3.8) is 0 Å². The van der Waals surface area contributed by atoms with Crippen molar-refractivity contribution in [3.8, 4) is 0 Å². The third-order valence-corrected chi connectivity index (χ3v) is 12.3. The van der Waals surface area contributed by atoms with E-state index in [1.807, 2.05) is 0 Å². The molecule has 0 aliphatic carbocycles. The molecule has 0 amide bonds. The molecule has 0 radical (unpaired) electrons. The van der Waals surface area contributed by atoms with Gasteiger partial charge >= 0.3 is 88.5 Å². The zero-order valence-electron chi connectivity index (χ0n) is 10.6. The van der Waals surface area contributed by atoms with E-state index < -0.39 is 7.06 Å². The van der Waals surface area contributed by atoms with Crippen molar-refractivity contribution in [2.45, 2.75) is 12.8 Å². The van der Waals surface area contributed by atoms with Crippen molar-refractivity contribution in [2.24, 2.45) is 0 Å². The van der Waals surface area contributed by atoms with Crippen molar-refractivity contribution in [2.75, 3.05) is 54.6 Å². The van der Waals surface area contributed by atoms with Crippen molar-refractivity contribution in [1.29, 1.82) is 0 Å². The first kappa shape index (κ1) is 12.4. The van der Waals surface area contributed by atoms with Gasteiger partial charge in [0.1, 0.15) is 0 Å². The third-order valence-electron chi connectivity index (χ3n) is 4.25. The number of hydrogen-bond acceptors (Lipinski definition) is 3. The van der Waals surface area contributed by atoms with E-state index in [9.17, 15) is 0 Å². The summed E-state index contributed by atoms with van der Waals surface area (Å²) in [7, 11) is 11.6. The number of rotatable bonds is 3. The molecule has 0 aromatic heterocycles. The molecule has 0 saturated carbocycles. The summed E-state index contributed by atoms with van der Waals surface area (Å²) in [5.74, 6) is 0. The van der Waals surface area contributed by atoms with Gasteiger partial charge < -0.3 is 0 Å². The van der Waals surface area contributed by atoms with E-state index in [4.69, 9.17) is 0 Å². The first-order valence-electron chi connectivity index (χ1n) is 5.42. The fourth-order valence-corrected chi connectivity index (χ4v) is 9.77. The van der Waals surface area contributed by atoms with Crippen LogP contribution in [-0.4, -0.2) is 68.6 Å². The van der Waals surface area contributed by atoms with E-state index in [1.165, 1.54) is 25.2 Å². The van der Waals surface area contributed by atoms with Crippen LogP contribution in [0.3, 0.4) is 0 Å². The van der Waals surface area contributed by atoms with Crippen LogP contribution >= 0.6 is 7.06 Å². The van der Waals surface area contributed by atoms with Crippen LogP contribution in [0.25, 0.3) is 0 Å². The molecule has 3 nitrogen and oxygen atoms in total. The molecule has 0 bridgehead atoms. The third kappa shape index (κ3) is 1.26. The summed E-state index contributed by atoms with van der Waals surface area (Å²) in [5, 5.41) is 0. The van der Waals surface area contributed by atoms with Crippen LogP contribution in [0.4, 0.5) is 0 Å². The van der Waals surface area contributed by atoms with Crippen molar-refractivity contribution in [1.82, 2.24) is 14.0 Å². The average Bonchev–Trinajstić information content (AvgIpc) is 2.49. The summed E-state index contributed by atoms with van der Waals surface area (Å²) in [6, 6.07) is 0. The maximum atomic E-state index is 2.51. The standard InChI is InChI=1S/C10H26N3P/c1-11(2)14(12(3)4,13(5)6)9-7-8-10-14/h7-10H2,1-6H3. The van der Waals surface area contributed by atoms with Crippen molar-refractivity contribution >= 4 is 7.06 Å². The molecule has 1 heterocycles. The van der Waals surface area contributed by atoms with Gasteiger partial charge in [0, 0.05) is 0 Å². The average molecular weight is 219 g/mol. The summed E-state index contributed by atoms with van der Waals surface area (Å²) in [6.07, 6.45) is 5.48. The predicted octanol–water partition coefficient (Wildman–Crippen LogP) is 1.76. The molecular weight excluding hydrogens is 193 g/mol. The Morgan fingerprint density at radius 1 is 0.643 bits per heavy atom. The molecule has 4 heteroatoms. The minimum atomic E-state index is -1.89. The Morgan fingerprint density at radius 2 is 0.929 bits per heavy atom. The minimum absolute atomic E-state index is 1.36. The van der Waals surface area contributed by atoms with E-state index in [-0.39, 0.29) is 0 Å². The molecule has 0 aromatic rings. The van der Waals surface area contributed by atoms with E-state index in [0.717, 1.165) is 0 Å². The zero-order valence-corrected chi connectivity index (χ0v) is 11.5. The Morgan fingerprint density at radius 3 is 1.07 bits per heavy atom. The summed E-state index contributed by atoms with van der Waals surface area (Å²) >= 11 is 0. The zero-order chi connectivity index (χ0) is 11.0.